The maximum absolute atomic E-state index is 10.9. The smallest absolute Gasteiger partial charge is 0.337 e. The molecule has 6 heteroatoms. The summed E-state index contributed by atoms with van der Waals surface area (Å²) in [5.41, 5.74) is -0.190. The summed E-state index contributed by atoms with van der Waals surface area (Å²) >= 11 is 0. The highest BCUT2D eigenvalue weighted by atomic mass is 16.6. The molecule has 0 heterocycles. The Morgan fingerprint density at radius 1 is 1.56 bits per heavy atom. The van der Waals surface area contributed by atoms with E-state index in [1.165, 1.54) is 24.3 Å². The Kier molecular flexibility index (Phi) is 3.96. The first-order valence-corrected chi connectivity index (χ1v) is 4.65. The highest BCUT2D eigenvalue weighted by Crippen LogP contribution is 2.27. The summed E-state index contributed by atoms with van der Waals surface area (Å²) in [6.45, 7) is 1.80. The molecule has 0 bridgehead atoms. The first-order valence-electron chi connectivity index (χ1n) is 4.65. The number of carboxylic acid groups (broad SMARTS) is 1. The van der Waals surface area contributed by atoms with Crippen LogP contribution in [0.2, 0.25) is 0 Å². The number of rotatable bonds is 5. The van der Waals surface area contributed by atoms with Crippen molar-refractivity contribution in [3.8, 4) is 0 Å². The molecule has 1 unspecified atom stereocenters. The zero-order chi connectivity index (χ0) is 12.1. The van der Waals surface area contributed by atoms with Gasteiger partial charge in [0, 0.05) is 12.7 Å². The average molecular weight is 225 g/mol. The second kappa shape index (κ2) is 5.22. The Bertz CT molecular complexity index is 404. The van der Waals surface area contributed by atoms with Crippen molar-refractivity contribution in [2.24, 2.45) is 0 Å². The predicted octanol–water partition coefficient (Wildman–Crippen LogP) is 1.76. The molecule has 1 aromatic rings. The van der Waals surface area contributed by atoms with Crippen LogP contribution in [0.1, 0.15) is 18.6 Å². The Morgan fingerprint density at radius 3 is 2.69 bits per heavy atom. The van der Waals surface area contributed by atoms with Gasteiger partial charge in [-0.1, -0.05) is 12.1 Å². The van der Waals surface area contributed by atoms with Crippen LogP contribution in [-0.4, -0.2) is 22.6 Å². The lowest BCUT2D eigenvalue weighted by Crippen LogP contribution is -2.16. The van der Waals surface area contributed by atoms with Gasteiger partial charge in [-0.05, 0) is 13.0 Å². The number of carboxylic acids is 1. The maximum Gasteiger partial charge on any atom is 0.337 e. The monoisotopic (exact) mass is 225 g/mol. The van der Waals surface area contributed by atoms with Crippen molar-refractivity contribution >= 4 is 11.7 Å². The minimum Gasteiger partial charge on any atom is -0.479 e. The molecule has 0 radical (unpaired) electrons. The summed E-state index contributed by atoms with van der Waals surface area (Å²) in [7, 11) is 0. The van der Waals surface area contributed by atoms with Crippen molar-refractivity contribution < 1.29 is 19.6 Å². The number of nitrogens with zero attached hydrogens (tertiary/aromatic N) is 1. The summed E-state index contributed by atoms with van der Waals surface area (Å²) in [5, 5.41) is 19.6. The molecule has 0 saturated carbocycles. The number of ether oxygens (including phenoxy) is 1. The van der Waals surface area contributed by atoms with E-state index in [1.807, 2.05) is 0 Å². The number of hydrogen-bond acceptors (Lipinski definition) is 4. The van der Waals surface area contributed by atoms with Crippen molar-refractivity contribution in [3.05, 3.63) is 39.9 Å². The fraction of sp³-hybridized carbons (Fsp3) is 0.300. The van der Waals surface area contributed by atoms with E-state index < -0.39 is 17.0 Å². The predicted molar refractivity (Wildman–Crippen MR) is 55.1 cm³/mol. The van der Waals surface area contributed by atoms with Crippen LogP contribution in [0.3, 0.4) is 0 Å². The Morgan fingerprint density at radius 2 is 2.19 bits per heavy atom. The van der Waals surface area contributed by atoms with Crippen LogP contribution >= 0.6 is 0 Å². The van der Waals surface area contributed by atoms with E-state index in [1.54, 1.807) is 6.92 Å². The minimum absolute atomic E-state index is 0.0573. The zero-order valence-corrected chi connectivity index (χ0v) is 8.62. The van der Waals surface area contributed by atoms with E-state index in [9.17, 15) is 14.9 Å². The summed E-state index contributed by atoms with van der Waals surface area (Å²) in [6.07, 6.45) is -1.30. The van der Waals surface area contributed by atoms with Gasteiger partial charge in [-0.2, -0.15) is 0 Å². The number of aliphatic carboxylic acids is 1. The number of carbonyl (C=O) groups is 1. The molecule has 0 aliphatic heterocycles. The van der Waals surface area contributed by atoms with Gasteiger partial charge in [-0.15, -0.1) is 0 Å². The van der Waals surface area contributed by atoms with Crippen LogP contribution in [-0.2, 0) is 9.53 Å². The highest BCUT2D eigenvalue weighted by molar-refractivity contribution is 5.76. The molecule has 0 aromatic heterocycles. The highest BCUT2D eigenvalue weighted by Gasteiger charge is 2.27. The molecule has 1 aromatic carbocycles. The fourth-order valence-electron chi connectivity index (χ4n) is 1.34. The maximum atomic E-state index is 10.9. The van der Waals surface area contributed by atoms with Gasteiger partial charge < -0.3 is 9.84 Å². The normalized spacial score (nSPS) is 12.1. The van der Waals surface area contributed by atoms with Gasteiger partial charge in [0.1, 0.15) is 0 Å². The van der Waals surface area contributed by atoms with Gasteiger partial charge in [0.15, 0.2) is 6.10 Å². The van der Waals surface area contributed by atoms with Gasteiger partial charge in [0.05, 0.1) is 10.5 Å². The largest absolute Gasteiger partial charge is 0.479 e. The molecular formula is C10H11NO5. The van der Waals surface area contributed by atoms with Gasteiger partial charge >= 0.3 is 5.97 Å². The lowest BCUT2D eigenvalue weighted by molar-refractivity contribution is -0.386. The first kappa shape index (κ1) is 12.1. The van der Waals surface area contributed by atoms with Crippen LogP contribution in [0.15, 0.2) is 24.3 Å². The molecule has 6 nitrogen and oxygen atoms in total. The molecule has 1 rings (SSSR count). The third-order valence-corrected chi connectivity index (χ3v) is 1.97. The van der Waals surface area contributed by atoms with Gasteiger partial charge in [0.25, 0.3) is 5.69 Å². The second-order valence-electron chi connectivity index (χ2n) is 2.99. The molecule has 0 aliphatic rings. The van der Waals surface area contributed by atoms with Crippen LogP contribution in [0.4, 0.5) is 5.69 Å². The summed E-state index contributed by atoms with van der Waals surface area (Å²) < 4.78 is 4.98. The van der Waals surface area contributed by atoms with Gasteiger partial charge in [0.2, 0.25) is 0 Å². The Labute approximate surface area is 91.6 Å². The molecule has 0 amide bonds. The van der Waals surface area contributed by atoms with Crippen molar-refractivity contribution in [1.29, 1.82) is 0 Å². The first-order chi connectivity index (χ1) is 7.57. The molecule has 16 heavy (non-hydrogen) atoms. The average Bonchev–Trinajstić information content (AvgIpc) is 2.25. The molecule has 0 aliphatic carbocycles. The molecular weight excluding hydrogens is 214 g/mol. The lowest BCUT2D eigenvalue weighted by atomic mass is 10.1. The fourth-order valence-corrected chi connectivity index (χ4v) is 1.34. The van der Waals surface area contributed by atoms with Gasteiger partial charge in [-0.3, -0.25) is 10.1 Å². The number of para-hydroxylation sites is 1. The van der Waals surface area contributed by atoms with E-state index in [-0.39, 0.29) is 17.9 Å². The van der Waals surface area contributed by atoms with Gasteiger partial charge in [-0.25, -0.2) is 4.79 Å². The Hall–Kier alpha value is -1.95. The quantitative estimate of drug-likeness (QED) is 0.609. The summed E-state index contributed by atoms with van der Waals surface area (Å²) in [4.78, 5) is 21.0. The second-order valence-corrected chi connectivity index (χ2v) is 2.99. The number of nitro groups is 1. The third-order valence-electron chi connectivity index (χ3n) is 1.97. The number of benzene rings is 1. The van der Waals surface area contributed by atoms with Crippen LogP contribution in [0.25, 0.3) is 0 Å². The molecule has 1 N–H and O–H groups in total. The van der Waals surface area contributed by atoms with Crippen LogP contribution in [0, 0.1) is 10.1 Å². The Balaban J connectivity index is 3.17. The van der Waals surface area contributed by atoms with E-state index in [0.717, 1.165) is 0 Å². The van der Waals surface area contributed by atoms with Crippen molar-refractivity contribution in [2.75, 3.05) is 6.61 Å². The van der Waals surface area contributed by atoms with Crippen molar-refractivity contribution in [1.82, 2.24) is 0 Å². The van der Waals surface area contributed by atoms with Crippen molar-refractivity contribution in [2.45, 2.75) is 13.0 Å². The van der Waals surface area contributed by atoms with E-state index in [0.29, 0.717) is 0 Å². The minimum atomic E-state index is -1.30. The topological polar surface area (TPSA) is 89.7 Å². The molecule has 86 valence electrons. The number of nitro benzene ring substituents is 1. The van der Waals surface area contributed by atoms with E-state index in [2.05, 4.69) is 0 Å². The molecule has 0 fully saturated rings. The van der Waals surface area contributed by atoms with Crippen LogP contribution in [0.5, 0.6) is 0 Å². The van der Waals surface area contributed by atoms with Crippen LogP contribution < -0.4 is 0 Å². The standard InChI is InChI=1S/C10H11NO5/c1-2-16-9(10(12)13)7-5-3-4-6-8(7)11(14)15/h3-6,9H,2H2,1H3,(H,12,13). The molecule has 0 spiro atoms. The third kappa shape index (κ3) is 2.54. The molecule has 0 saturated heterocycles. The lowest BCUT2D eigenvalue weighted by Gasteiger charge is -2.12. The van der Waals surface area contributed by atoms with Crippen molar-refractivity contribution in [3.63, 3.8) is 0 Å². The van der Waals surface area contributed by atoms with E-state index in [4.69, 9.17) is 9.84 Å². The zero-order valence-electron chi connectivity index (χ0n) is 8.62. The molecule has 1 atom stereocenters. The summed E-state index contributed by atoms with van der Waals surface area (Å²) in [5.74, 6) is -1.24. The SMILES string of the molecule is CCOC(C(=O)O)c1ccccc1[N+](=O)[O-]. The summed E-state index contributed by atoms with van der Waals surface area (Å²) in [6, 6.07) is 5.65. The number of hydrogen-bond donors (Lipinski definition) is 1. The van der Waals surface area contributed by atoms with E-state index >= 15 is 0 Å².